The van der Waals surface area contributed by atoms with E-state index in [-0.39, 0.29) is 15.7 Å². The van der Waals surface area contributed by atoms with Gasteiger partial charge in [0.25, 0.3) is 5.95 Å². The van der Waals surface area contributed by atoms with Crippen LogP contribution >= 0.6 is 23.2 Å². The van der Waals surface area contributed by atoms with Gasteiger partial charge in [0, 0.05) is 5.56 Å². The normalized spacial score (nSPS) is 10.3. The molecule has 11 heavy (non-hydrogen) atoms. The Bertz CT molecular complexity index is 275. The highest BCUT2D eigenvalue weighted by atomic mass is 35.5. The van der Waals surface area contributed by atoms with E-state index in [2.05, 4.69) is 4.98 Å². The minimum Gasteiger partial charge on any atom is -0.205 e. The zero-order valence-electron chi connectivity index (χ0n) is 5.46. The van der Waals surface area contributed by atoms with Gasteiger partial charge in [0.2, 0.25) is 0 Å². The molecule has 0 radical (unpaired) electrons. The third-order valence-corrected chi connectivity index (χ3v) is 2.03. The number of hydrogen-bond donors (Lipinski definition) is 0. The lowest BCUT2D eigenvalue weighted by Crippen LogP contribution is -1.94. The molecule has 0 amide bonds. The van der Waals surface area contributed by atoms with Crippen molar-refractivity contribution in [2.24, 2.45) is 0 Å². The van der Waals surface area contributed by atoms with Gasteiger partial charge in [0.15, 0.2) is 5.82 Å². The lowest BCUT2D eigenvalue weighted by molar-refractivity contribution is 0.478. The molecule has 0 aliphatic heterocycles. The molecule has 1 aromatic rings. The molecule has 5 heteroatoms. The Kier molecular flexibility index (Phi) is 2.30. The smallest absolute Gasteiger partial charge is 0.205 e. The number of aromatic nitrogens is 1. The predicted molar refractivity (Wildman–Crippen MR) is 38.9 cm³/mol. The van der Waals surface area contributed by atoms with Crippen LogP contribution in [-0.2, 0) is 0 Å². The third-order valence-electron chi connectivity index (χ3n) is 1.21. The van der Waals surface area contributed by atoms with E-state index >= 15 is 0 Å². The monoisotopic (exact) mass is 197 g/mol. The van der Waals surface area contributed by atoms with Crippen molar-refractivity contribution in [2.75, 3.05) is 0 Å². The van der Waals surface area contributed by atoms with E-state index in [4.69, 9.17) is 23.2 Å². The van der Waals surface area contributed by atoms with Gasteiger partial charge in [-0.3, -0.25) is 0 Å². The number of rotatable bonds is 0. The van der Waals surface area contributed by atoms with E-state index in [1.807, 2.05) is 0 Å². The molecule has 1 heterocycles. The zero-order chi connectivity index (χ0) is 8.59. The Morgan fingerprint density at radius 2 is 1.82 bits per heavy atom. The molecule has 0 aromatic carbocycles. The highest BCUT2D eigenvalue weighted by molar-refractivity contribution is 6.35. The Morgan fingerprint density at radius 3 is 2.36 bits per heavy atom. The van der Waals surface area contributed by atoms with E-state index in [0.29, 0.717) is 0 Å². The summed E-state index contributed by atoms with van der Waals surface area (Å²) in [6.45, 7) is 1.46. The number of pyridine rings is 1. The van der Waals surface area contributed by atoms with Crippen LogP contribution in [0.1, 0.15) is 5.56 Å². The molecule has 0 atom stereocenters. The molecule has 0 aliphatic carbocycles. The molecule has 0 unspecified atom stereocenters. The Labute approximate surface area is 72.0 Å². The second-order valence-corrected chi connectivity index (χ2v) is 2.68. The number of nitrogens with zero attached hydrogens (tertiary/aromatic N) is 1. The summed E-state index contributed by atoms with van der Waals surface area (Å²) in [6.07, 6.45) is 0. The van der Waals surface area contributed by atoms with Crippen LogP contribution in [0.25, 0.3) is 0 Å². The van der Waals surface area contributed by atoms with Gasteiger partial charge in [-0.15, -0.1) is 0 Å². The first-order valence-corrected chi connectivity index (χ1v) is 3.46. The summed E-state index contributed by atoms with van der Waals surface area (Å²) in [5.41, 5.74) is 0.243. The first-order valence-electron chi connectivity index (χ1n) is 2.70. The molecule has 0 saturated heterocycles. The van der Waals surface area contributed by atoms with Gasteiger partial charge >= 0.3 is 0 Å². The molecule has 1 rings (SSSR count). The van der Waals surface area contributed by atoms with Crippen LogP contribution in [-0.4, -0.2) is 4.98 Å². The highest BCUT2D eigenvalue weighted by Crippen LogP contribution is 2.25. The van der Waals surface area contributed by atoms with E-state index in [9.17, 15) is 8.78 Å². The maximum atomic E-state index is 12.5. The summed E-state index contributed by atoms with van der Waals surface area (Å²) in [5, 5.41) is -0.434. The molecule has 0 spiro atoms. The molecule has 1 nitrogen and oxygen atoms in total. The molecular weight excluding hydrogens is 195 g/mol. The second-order valence-electron chi connectivity index (χ2n) is 1.95. The van der Waals surface area contributed by atoms with Crippen LogP contribution in [0.3, 0.4) is 0 Å². The van der Waals surface area contributed by atoms with Crippen LogP contribution in [0.2, 0.25) is 10.2 Å². The summed E-state index contributed by atoms with van der Waals surface area (Å²) in [6, 6.07) is 0. The quantitative estimate of drug-likeness (QED) is 0.584. The number of hydrogen-bond acceptors (Lipinski definition) is 1. The van der Waals surface area contributed by atoms with Crippen molar-refractivity contribution in [3.8, 4) is 0 Å². The lowest BCUT2D eigenvalue weighted by atomic mass is 10.3. The molecular formula is C6H3Cl2F2N. The van der Waals surface area contributed by atoms with Crippen molar-refractivity contribution in [1.82, 2.24) is 4.98 Å². The minimum atomic E-state index is -1.27. The first kappa shape index (κ1) is 8.68. The van der Waals surface area contributed by atoms with Crippen molar-refractivity contribution >= 4 is 23.2 Å². The van der Waals surface area contributed by atoms with Crippen LogP contribution < -0.4 is 0 Å². The average molecular weight is 198 g/mol. The van der Waals surface area contributed by atoms with Crippen molar-refractivity contribution in [3.63, 3.8) is 0 Å². The van der Waals surface area contributed by atoms with Gasteiger partial charge in [-0.05, 0) is 6.92 Å². The van der Waals surface area contributed by atoms with Gasteiger partial charge in [0.05, 0.1) is 5.02 Å². The Hall–Kier alpha value is -0.410. The molecule has 0 aliphatic rings. The van der Waals surface area contributed by atoms with Crippen molar-refractivity contribution in [1.29, 1.82) is 0 Å². The Balaban J connectivity index is 3.46. The van der Waals surface area contributed by atoms with Crippen LogP contribution in [0.4, 0.5) is 8.78 Å². The van der Waals surface area contributed by atoms with Gasteiger partial charge in [0.1, 0.15) is 5.15 Å². The van der Waals surface area contributed by atoms with Gasteiger partial charge in [-0.25, -0.2) is 9.37 Å². The SMILES string of the molecule is Cc1c(Cl)nc(F)c(F)c1Cl. The zero-order valence-corrected chi connectivity index (χ0v) is 6.97. The third kappa shape index (κ3) is 1.44. The molecule has 1 aromatic heterocycles. The maximum Gasteiger partial charge on any atom is 0.251 e. The van der Waals surface area contributed by atoms with E-state index in [0.717, 1.165) is 0 Å². The summed E-state index contributed by atoms with van der Waals surface area (Å²) in [7, 11) is 0. The minimum absolute atomic E-state index is 0.117. The summed E-state index contributed by atoms with van der Waals surface area (Å²) < 4.78 is 24.9. The fourth-order valence-corrected chi connectivity index (χ4v) is 0.949. The van der Waals surface area contributed by atoms with E-state index in [1.165, 1.54) is 6.92 Å². The molecule has 0 fully saturated rings. The van der Waals surface area contributed by atoms with E-state index in [1.54, 1.807) is 0 Å². The standard InChI is InChI=1S/C6H3Cl2F2N/c1-2-3(7)4(9)6(10)11-5(2)8/h1H3. The predicted octanol–water partition coefficient (Wildman–Crippen LogP) is 2.98. The fraction of sp³-hybridized carbons (Fsp3) is 0.167. The van der Waals surface area contributed by atoms with Gasteiger partial charge < -0.3 is 0 Å². The van der Waals surface area contributed by atoms with Crippen LogP contribution in [0.5, 0.6) is 0 Å². The van der Waals surface area contributed by atoms with Crippen molar-refractivity contribution < 1.29 is 8.78 Å². The van der Waals surface area contributed by atoms with E-state index < -0.39 is 11.8 Å². The summed E-state index contributed by atoms with van der Waals surface area (Å²) in [4.78, 5) is 3.07. The van der Waals surface area contributed by atoms with Gasteiger partial charge in [-0.1, -0.05) is 23.2 Å². The molecule has 0 saturated carbocycles. The molecule has 0 N–H and O–H groups in total. The highest BCUT2D eigenvalue weighted by Gasteiger charge is 2.13. The largest absolute Gasteiger partial charge is 0.251 e. The fourth-order valence-electron chi connectivity index (χ4n) is 0.565. The van der Waals surface area contributed by atoms with Crippen molar-refractivity contribution in [3.05, 3.63) is 27.5 Å². The summed E-state index contributed by atoms with van der Waals surface area (Å²) in [5.74, 6) is -2.43. The van der Waals surface area contributed by atoms with Crippen LogP contribution in [0.15, 0.2) is 0 Å². The van der Waals surface area contributed by atoms with Crippen molar-refractivity contribution in [2.45, 2.75) is 6.92 Å². The maximum absolute atomic E-state index is 12.5. The molecule has 60 valence electrons. The van der Waals surface area contributed by atoms with Gasteiger partial charge in [-0.2, -0.15) is 4.39 Å². The topological polar surface area (TPSA) is 12.9 Å². The molecule has 0 bridgehead atoms. The number of halogens is 4. The van der Waals surface area contributed by atoms with Crippen LogP contribution in [0, 0.1) is 18.7 Å². The average Bonchev–Trinajstić information content (AvgIpc) is 1.97. The Morgan fingerprint density at radius 1 is 1.27 bits per heavy atom. The summed E-state index contributed by atoms with van der Waals surface area (Å²) >= 11 is 10.7. The lowest BCUT2D eigenvalue weighted by Gasteiger charge is -2.00. The first-order chi connectivity index (χ1) is 5.04. The second kappa shape index (κ2) is 2.91.